The van der Waals surface area contributed by atoms with Crippen molar-refractivity contribution < 1.29 is 9.90 Å². The third-order valence-electron chi connectivity index (χ3n) is 1.95. The van der Waals surface area contributed by atoms with Gasteiger partial charge in [-0.25, -0.2) is 4.98 Å². The number of nitrogens with one attached hydrogen (secondary N) is 2. The molecule has 0 aliphatic carbocycles. The average Bonchev–Trinajstić information content (AvgIpc) is 2.26. The summed E-state index contributed by atoms with van der Waals surface area (Å²) in [7, 11) is 0. The Balaban J connectivity index is 2.68. The number of hydrogen-bond acceptors (Lipinski definition) is 4. The molecule has 1 aromatic rings. The summed E-state index contributed by atoms with van der Waals surface area (Å²) in [4.78, 5) is 28.2. The predicted molar refractivity (Wildman–Crippen MR) is 53.5 cm³/mol. The number of aliphatic hydroxyl groups excluding tert-OH is 1. The lowest BCUT2D eigenvalue weighted by atomic mass is 10.2. The molecule has 1 heterocycles. The highest BCUT2D eigenvalue weighted by molar-refractivity contribution is 5.92. The molecule has 6 heteroatoms. The number of aromatic nitrogens is 2. The number of carbonyl (C=O) groups is 1. The Bertz CT molecular complexity index is 364. The molecule has 0 aromatic carbocycles. The number of amides is 1. The van der Waals surface area contributed by atoms with Gasteiger partial charge in [0.25, 0.3) is 11.5 Å². The predicted octanol–water partition coefficient (Wildman–Crippen LogP) is -0.729. The summed E-state index contributed by atoms with van der Waals surface area (Å²) >= 11 is 0. The van der Waals surface area contributed by atoms with E-state index in [1.54, 1.807) is 0 Å². The fourth-order valence-electron chi connectivity index (χ4n) is 1.00. The lowest BCUT2D eigenvalue weighted by molar-refractivity contribution is 0.0909. The summed E-state index contributed by atoms with van der Waals surface area (Å²) in [5, 5.41) is 11.5. The van der Waals surface area contributed by atoms with Crippen LogP contribution in [0, 0.1) is 0 Å². The lowest BCUT2D eigenvalue weighted by Gasteiger charge is -2.12. The molecule has 1 rings (SSSR count). The van der Waals surface area contributed by atoms with Crippen molar-refractivity contribution in [2.75, 3.05) is 6.61 Å². The van der Waals surface area contributed by atoms with Gasteiger partial charge in [0.15, 0.2) is 0 Å². The molecule has 1 aromatic heterocycles. The van der Waals surface area contributed by atoms with Crippen molar-refractivity contribution in [2.24, 2.45) is 0 Å². The van der Waals surface area contributed by atoms with E-state index in [-0.39, 0.29) is 23.9 Å². The summed E-state index contributed by atoms with van der Waals surface area (Å²) in [6.07, 6.45) is 2.90. The van der Waals surface area contributed by atoms with E-state index in [4.69, 9.17) is 5.11 Å². The van der Waals surface area contributed by atoms with E-state index >= 15 is 0 Å². The van der Waals surface area contributed by atoms with Gasteiger partial charge in [0, 0.05) is 6.20 Å². The zero-order valence-corrected chi connectivity index (χ0v) is 8.36. The van der Waals surface area contributed by atoms with Crippen LogP contribution in [0.5, 0.6) is 0 Å². The molecule has 3 N–H and O–H groups in total. The first-order valence-corrected chi connectivity index (χ1v) is 4.63. The molecule has 0 unspecified atom stereocenters. The number of aromatic amines is 1. The van der Waals surface area contributed by atoms with Crippen LogP contribution >= 0.6 is 0 Å². The van der Waals surface area contributed by atoms with Gasteiger partial charge in [-0.3, -0.25) is 9.59 Å². The Morgan fingerprint density at radius 1 is 1.73 bits per heavy atom. The molecule has 1 amide bonds. The molecule has 0 radical (unpaired) electrons. The van der Waals surface area contributed by atoms with Crippen LogP contribution in [0.1, 0.15) is 23.8 Å². The maximum atomic E-state index is 11.5. The first kappa shape index (κ1) is 11.4. The van der Waals surface area contributed by atoms with Crippen LogP contribution in [0.4, 0.5) is 0 Å². The quantitative estimate of drug-likeness (QED) is 0.612. The van der Waals surface area contributed by atoms with Crippen LogP contribution in [0.15, 0.2) is 17.2 Å². The number of aliphatic hydroxyl groups is 1. The minimum atomic E-state index is -0.410. The fourth-order valence-corrected chi connectivity index (χ4v) is 1.00. The van der Waals surface area contributed by atoms with Crippen molar-refractivity contribution in [1.29, 1.82) is 0 Å². The van der Waals surface area contributed by atoms with Crippen LogP contribution in [0.3, 0.4) is 0 Å². The van der Waals surface area contributed by atoms with E-state index in [1.165, 1.54) is 6.20 Å². The largest absolute Gasteiger partial charge is 0.394 e. The van der Waals surface area contributed by atoms with Crippen LogP contribution in [-0.2, 0) is 0 Å². The normalized spacial score (nSPS) is 12.1. The van der Waals surface area contributed by atoms with Crippen LogP contribution in [0.2, 0.25) is 0 Å². The Morgan fingerprint density at radius 2 is 2.47 bits per heavy atom. The second-order valence-corrected chi connectivity index (χ2v) is 3.06. The molecular formula is C9H13N3O3. The van der Waals surface area contributed by atoms with Crippen molar-refractivity contribution in [2.45, 2.75) is 19.4 Å². The standard InChI is InChI=1S/C9H13N3O3/c1-2-6(5-13)12-9(15)7-3-11-8(14)4-10-7/h3-4,6,13H,2,5H2,1H3,(H,11,14)(H,12,15)/t6-/m1/s1. The van der Waals surface area contributed by atoms with Crippen LogP contribution < -0.4 is 10.9 Å². The van der Waals surface area contributed by atoms with Crippen molar-refractivity contribution in [3.8, 4) is 0 Å². The molecule has 1 atom stereocenters. The van der Waals surface area contributed by atoms with E-state index in [0.29, 0.717) is 6.42 Å². The van der Waals surface area contributed by atoms with Gasteiger partial charge in [0.1, 0.15) is 5.69 Å². The maximum Gasteiger partial charge on any atom is 0.271 e. The van der Waals surface area contributed by atoms with Crippen LogP contribution in [0.25, 0.3) is 0 Å². The molecule has 0 saturated heterocycles. The van der Waals surface area contributed by atoms with Crippen molar-refractivity contribution in [3.05, 3.63) is 28.4 Å². The second kappa shape index (κ2) is 5.26. The highest BCUT2D eigenvalue weighted by Crippen LogP contribution is 1.93. The molecule has 0 aliphatic rings. The number of carbonyl (C=O) groups excluding carboxylic acids is 1. The Kier molecular flexibility index (Phi) is 3.99. The van der Waals surface area contributed by atoms with Gasteiger partial charge in [0.05, 0.1) is 18.8 Å². The fraction of sp³-hybridized carbons (Fsp3) is 0.444. The molecule has 15 heavy (non-hydrogen) atoms. The summed E-state index contributed by atoms with van der Waals surface area (Å²) in [6.45, 7) is 1.73. The lowest BCUT2D eigenvalue weighted by Crippen LogP contribution is -2.37. The Morgan fingerprint density at radius 3 is 2.93 bits per heavy atom. The first-order valence-electron chi connectivity index (χ1n) is 4.63. The minimum absolute atomic E-state index is 0.119. The summed E-state index contributed by atoms with van der Waals surface area (Å²) in [6, 6.07) is -0.286. The van der Waals surface area contributed by atoms with Gasteiger partial charge in [-0.1, -0.05) is 6.92 Å². The molecular weight excluding hydrogens is 198 g/mol. The van der Waals surface area contributed by atoms with Gasteiger partial charge in [-0.15, -0.1) is 0 Å². The van der Waals surface area contributed by atoms with E-state index < -0.39 is 5.91 Å². The van der Waals surface area contributed by atoms with E-state index in [9.17, 15) is 9.59 Å². The molecule has 82 valence electrons. The summed E-state index contributed by atoms with van der Waals surface area (Å²) in [5.41, 5.74) is -0.234. The molecule has 0 bridgehead atoms. The Hall–Kier alpha value is -1.69. The highest BCUT2D eigenvalue weighted by Gasteiger charge is 2.11. The minimum Gasteiger partial charge on any atom is -0.394 e. The zero-order chi connectivity index (χ0) is 11.3. The molecule has 0 aliphatic heterocycles. The van der Waals surface area contributed by atoms with Gasteiger partial charge in [-0.2, -0.15) is 0 Å². The van der Waals surface area contributed by atoms with Gasteiger partial charge in [0.2, 0.25) is 0 Å². The third-order valence-corrected chi connectivity index (χ3v) is 1.95. The number of hydrogen-bond donors (Lipinski definition) is 3. The summed E-state index contributed by atoms with van der Waals surface area (Å²) < 4.78 is 0. The van der Waals surface area contributed by atoms with E-state index in [0.717, 1.165) is 6.20 Å². The first-order chi connectivity index (χ1) is 7.17. The highest BCUT2D eigenvalue weighted by atomic mass is 16.3. The molecule has 0 saturated carbocycles. The van der Waals surface area contributed by atoms with Gasteiger partial charge in [-0.05, 0) is 6.42 Å². The zero-order valence-electron chi connectivity index (χ0n) is 8.36. The van der Waals surface area contributed by atoms with Crippen molar-refractivity contribution in [3.63, 3.8) is 0 Å². The second-order valence-electron chi connectivity index (χ2n) is 3.06. The number of H-pyrrole nitrogens is 1. The molecule has 0 fully saturated rings. The third kappa shape index (κ3) is 3.17. The van der Waals surface area contributed by atoms with Crippen molar-refractivity contribution in [1.82, 2.24) is 15.3 Å². The van der Waals surface area contributed by atoms with Crippen molar-refractivity contribution >= 4 is 5.91 Å². The number of nitrogens with zero attached hydrogens (tertiary/aromatic N) is 1. The van der Waals surface area contributed by atoms with E-state index in [2.05, 4.69) is 15.3 Å². The van der Waals surface area contributed by atoms with E-state index in [1.807, 2.05) is 6.92 Å². The van der Waals surface area contributed by atoms with Gasteiger partial charge < -0.3 is 15.4 Å². The molecule has 0 spiro atoms. The smallest absolute Gasteiger partial charge is 0.271 e. The summed E-state index contributed by atoms with van der Waals surface area (Å²) in [5.74, 6) is -0.410. The monoisotopic (exact) mass is 211 g/mol. The number of rotatable bonds is 4. The average molecular weight is 211 g/mol. The topological polar surface area (TPSA) is 95.1 Å². The van der Waals surface area contributed by atoms with Crippen LogP contribution in [-0.4, -0.2) is 33.6 Å². The van der Waals surface area contributed by atoms with Gasteiger partial charge >= 0.3 is 0 Å². The SMILES string of the molecule is CC[C@H](CO)NC(=O)c1c[nH]c(=O)cn1. The molecule has 6 nitrogen and oxygen atoms in total. The Labute approximate surface area is 86.4 Å². The maximum absolute atomic E-state index is 11.5.